The van der Waals surface area contributed by atoms with E-state index in [9.17, 15) is 28.8 Å². The third kappa shape index (κ3) is 15.7. The quantitative estimate of drug-likeness (QED) is 0.0524. The lowest BCUT2D eigenvalue weighted by molar-refractivity contribution is -0.143. The molecule has 0 saturated carbocycles. The summed E-state index contributed by atoms with van der Waals surface area (Å²) in [5.74, 6) is -2.01. The predicted octanol–water partition coefficient (Wildman–Crippen LogP) is 6.92. The van der Waals surface area contributed by atoms with Gasteiger partial charge in [-0.05, 0) is 99.5 Å². The molecule has 2 aromatic heterocycles. The number of aromatic nitrogens is 4. The van der Waals surface area contributed by atoms with E-state index < -0.39 is 47.4 Å². The van der Waals surface area contributed by atoms with Crippen molar-refractivity contribution in [2.75, 3.05) is 37.1 Å². The second-order valence-corrected chi connectivity index (χ2v) is 13.9. The van der Waals surface area contributed by atoms with Crippen LogP contribution in [0, 0.1) is 13.8 Å². The van der Waals surface area contributed by atoms with E-state index in [0.29, 0.717) is 18.0 Å². The Hall–Kier alpha value is -7.02. The lowest BCUT2D eigenvalue weighted by Crippen LogP contribution is -2.47. The highest BCUT2D eigenvalue weighted by molar-refractivity contribution is 6.61. The molecule has 0 bridgehead atoms. The molecule has 0 radical (unpaired) electrons. The standard InChI is InChI=1S/C22H24N4O5.C19H20N4O3.C3H5ClO2.ClH/c1-4-30-22(29)25-19(13-31-15(3)27)21(28)24-17-9-8-16-12-23-26(20(16)11-17)18-7-5-6-14(2)10-18;1-12-4-3-5-16(8-12)23-18-9-15(7-6-14(18)10-21-23)22-19(25)17(20)11-26-13(2)24;1-2-6-3(4)5;/h5-12,19H,4,13H2,1-3H3,(H,24,28)(H,25,29);3-10,17H,11,20H2,1-2H3,(H,22,25);2H2,1H3;1H/t19-;17-;;/m00../s1. The number of carbonyl (C=O) groups excluding carboxylic acids is 6. The molecule has 0 aliphatic carbocycles. The zero-order chi connectivity index (χ0) is 46.1. The first-order valence-corrected chi connectivity index (χ1v) is 19.9. The predicted molar refractivity (Wildman–Crippen MR) is 244 cm³/mol. The van der Waals surface area contributed by atoms with Gasteiger partial charge in [-0.3, -0.25) is 19.2 Å². The summed E-state index contributed by atoms with van der Waals surface area (Å²) in [7, 11) is 0. The molecule has 6 aromatic rings. The molecule has 2 atom stereocenters. The number of amides is 3. The van der Waals surface area contributed by atoms with E-state index >= 15 is 0 Å². The van der Waals surface area contributed by atoms with Crippen LogP contribution in [-0.4, -0.2) is 93.3 Å². The summed E-state index contributed by atoms with van der Waals surface area (Å²) in [6, 6.07) is 24.7. The van der Waals surface area contributed by atoms with Crippen LogP contribution < -0.4 is 21.7 Å². The summed E-state index contributed by atoms with van der Waals surface area (Å²) >= 11 is 4.72. The molecule has 0 fully saturated rings. The molecule has 2 heterocycles. The molecule has 0 spiro atoms. The van der Waals surface area contributed by atoms with Crippen molar-refractivity contribution in [3.05, 3.63) is 108 Å². The van der Waals surface area contributed by atoms with Crippen molar-refractivity contribution >= 4 is 92.5 Å². The monoisotopic (exact) mass is 920 g/mol. The lowest BCUT2D eigenvalue weighted by Gasteiger charge is -2.18. The minimum atomic E-state index is -1.11. The number of nitrogens with two attached hydrogens (primary N) is 1. The average Bonchev–Trinajstić information content (AvgIpc) is 3.86. The van der Waals surface area contributed by atoms with Gasteiger partial charge in [0.1, 0.15) is 25.3 Å². The van der Waals surface area contributed by atoms with Gasteiger partial charge in [0, 0.05) is 47.6 Å². The Morgan fingerprint density at radius 1 is 0.656 bits per heavy atom. The summed E-state index contributed by atoms with van der Waals surface area (Å²) in [6.07, 6.45) is 2.74. The zero-order valence-electron chi connectivity index (χ0n) is 36.0. The van der Waals surface area contributed by atoms with Crippen LogP contribution in [0.1, 0.15) is 38.8 Å². The van der Waals surface area contributed by atoms with E-state index in [1.807, 2.05) is 85.3 Å². The lowest BCUT2D eigenvalue weighted by atomic mass is 10.2. The number of alkyl carbamates (subject to hydrolysis) is 1. The molecule has 6 rings (SSSR count). The van der Waals surface area contributed by atoms with Crippen molar-refractivity contribution in [1.29, 1.82) is 0 Å². The molecular weight excluding hydrogens is 871 g/mol. The molecular formula is C44H50Cl2N8O10. The fraction of sp³-hybridized carbons (Fsp3) is 0.273. The first-order chi connectivity index (χ1) is 30.1. The number of benzene rings is 4. The first-order valence-electron chi connectivity index (χ1n) is 19.6. The van der Waals surface area contributed by atoms with E-state index in [2.05, 4.69) is 30.9 Å². The summed E-state index contributed by atoms with van der Waals surface area (Å²) < 4.78 is 22.3. The maximum atomic E-state index is 12.7. The summed E-state index contributed by atoms with van der Waals surface area (Å²) in [5.41, 5.74) is 11.8. The van der Waals surface area contributed by atoms with Gasteiger partial charge in [0.05, 0.1) is 48.0 Å². The van der Waals surface area contributed by atoms with Crippen molar-refractivity contribution in [1.82, 2.24) is 24.9 Å². The molecule has 20 heteroatoms. The molecule has 0 aliphatic rings. The van der Waals surface area contributed by atoms with Gasteiger partial charge in [0.25, 0.3) is 5.91 Å². The largest absolute Gasteiger partial charge is 0.464 e. The second-order valence-electron chi connectivity index (χ2n) is 13.6. The molecule has 0 saturated heterocycles. The molecule has 4 aromatic carbocycles. The SMILES string of the molecule is CC(=O)OC[C@H](N)C(=O)Nc1ccc2cnn(-c3cccc(C)c3)c2c1.CCOC(=O)Cl.CCOC(=O)N[C@@H](COC(C)=O)C(=O)Nc1ccc2cnn(-c3cccc(C)c3)c2c1.Cl. The minimum Gasteiger partial charge on any atom is -0.464 e. The van der Waals surface area contributed by atoms with Crippen molar-refractivity contribution in [3.8, 4) is 11.4 Å². The van der Waals surface area contributed by atoms with E-state index in [-0.39, 0.29) is 32.2 Å². The Morgan fingerprint density at radius 3 is 1.55 bits per heavy atom. The molecule has 64 heavy (non-hydrogen) atoms. The molecule has 0 unspecified atom stereocenters. The van der Waals surface area contributed by atoms with Crippen LogP contribution >= 0.6 is 24.0 Å². The highest BCUT2D eigenvalue weighted by atomic mass is 35.5. The Morgan fingerprint density at radius 2 is 1.12 bits per heavy atom. The molecule has 5 N–H and O–H groups in total. The van der Waals surface area contributed by atoms with Crippen LogP contribution in [0.4, 0.5) is 21.0 Å². The van der Waals surface area contributed by atoms with Gasteiger partial charge in [0.15, 0.2) is 0 Å². The van der Waals surface area contributed by atoms with Crippen LogP contribution in [0.3, 0.4) is 0 Å². The van der Waals surface area contributed by atoms with E-state index in [1.54, 1.807) is 49.1 Å². The first kappa shape index (κ1) is 51.3. The number of fused-ring (bicyclic) bond motifs is 2. The van der Waals surface area contributed by atoms with E-state index in [4.69, 9.17) is 31.5 Å². The summed E-state index contributed by atoms with van der Waals surface area (Å²) in [6.45, 7) is 9.87. The number of halogens is 2. The number of aryl methyl sites for hydroxylation is 2. The van der Waals surface area contributed by atoms with Crippen molar-refractivity contribution < 1.29 is 47.7 Å². The normalized spacial score (nSPS) is 11.2. The van der Waals surface area contributed by atoms with Crippen molar-refractivity contribution in [2.24, 2.45) is 5.73 Å². The number of nitrogens with one attached hydrogen (secondary N) is 3. The smallest absolute Gasteiger partial charge is 0.407 e. The number of rotatable bonds is 13. The van der Waals surface area contributed by atoms with Crippen LogP contribution in [0.15, 0.2) is 97.3 Å². The van der Waals surface area contributed by atoms with Gasteiger partial charge < -0.3 is 40.6 Å². The third-order valence-electron chi connectivity index (χ3n) is 8.57. The molecule has 3 amide bonds. The van der Waals surface area contributed by atoms with Crippen molar-refractivity contribution in [3.63, 3.8) is 0 Å². The van der Waals surface area contributed by atoms with Crippen LogP contribution in [0.2, 0.25) is 0 Å². The van der Waals surface area contributed by atoms with E-state index in [1.165, 1.54) is 13.8 Å². The minimum absolute atomic E-state index is 0. The van der Waals surface area contributed by atoms with Crippen LogP contribution in [0.25, 0.3) is 33.2 Å². The molecule has 18 nitrogen and oxygen atoms in total. The van der Waals surface area contributed by atoms with Gasteiger partial charge in [-0.15, -0.1) is 12.4 Å². The average molecular weight is 922 g/mol. The van der Waals surface area contributed by atoms with Gasteiger partial charge in [-0.1, -0.05) is 24.3 Å². The zero-order valence-corrected chi connectivity index (χ0v) is 37.5. The number of hydrogen-bond donors (Lipinski definition) is 4. The van der Waals surface area contributed by atoms with Gasteiger partial charge in [0.2, 0.25) is 5.91 Å². The Bertz CT molecular complexity index is 2560. The highest BCUT2D eigenvalue weighted by Crippen LogP contribution is 2.24. The fourth-order valence-corrected chi connectivity index (χ4v) is 5.79. The Balaban J connectivity index is 0.000000301. The number of hydrogen-bond acceptors (Lipinski definition) is 13. The summed E-state index contributed by atoms with van der Waals surface area (Å²) in [5, 5.41) is 18.6. The topological polar surface area (TPSA) is 237 Å². The van der Waals surface area contributed by atoms with Crippen LogP contribution in [0.5, 0.6) is 0 Å². The van der Waals surface area contributed by atoms with Gasteiger partial charge in [-0.25, -0.2) is 19.0 Å². The summed E-state index contributed by atoms with van der Waals surface area (Å²) in [4.78, 5) is 68.2. The second kappa shape index (κ2) is 25.2. The number of esters is 2. The maximum Gasteiger partial charge on any atom is 0.407 e. The van der Waals surface area contributed by atoms with Gasteiger partial charge >= 0.3 is 23.5 Å². The number of nitrogens with zero attached hydrogens (tertiary/aromatic N) is 4. The van der Waals surface area contributed by atoms with Gasteiger partial charge in [-0.2, -0.15) is 10.2 Å². The molecule has 0 aliphatic heterocycles. The number of carbonyl (C=O) groups is 6. The maximum absolute atomic E-state index is 12.7. The Kier molecular flexibility index (Phi) is 20.2. The highest BCUT2D eigenvalue weighted by Gasteiger charge is 2.23. The third-order valence-corrected chi connectivity index (χ3v) is 8.68. The van der Waals surface area contributed by atoms with Crippen LogP contribution in [-0.2, 0) is 38.1 Å². The Labute approximate surface area is 380 Å². The molecule has 340 valence electrons. The fourth-order valence-electron chi connectivity index (χ4n) is 5.68. The van der Waals surface area contributed by atoms with E-state index in [0.717, 1.165) is 44.3 Å². The number of anilines is 2. The van der Waals surface area contributed by atoms with Crippen molar-refractivity contribution in [2.45, 2.75) is 53.6 Å². The number of ether oxygens (including phenoxy) is 4.